The number of rotatable bonds is 7. The Bertz CT molecular complexity index is 880. The normalized spacial score (nSPS) is 11.8. The van der Waals surface area contributed by atoms with Crippen LogP contribution in [0.5, 0.6) is 0 Å². The Labute approximate surface area is 154 Å². The summed E-state index contributed by atoms with van der Waals surface area (Å²) in [6.45, 7) is 2.37. The highest BCUT2D eigenvalue weighted by atomic mass is 32.1. The van der Waals surface area contributed by atoms with Crippen LogP contribution in [0.1, 0.15) is 17.3 Å². The van der Waals surface area contributed by atoms with E-state index in [4.69, 9.17) is 11.5 Å². The van der Waals surface area contributed by atoms with E-state index in [1.165, 1.54) is 17.7 Å². The lowest BCUT2D eigenvalue weighted by atomic mass is 10.1. The van der Waals surface area contributed by atoms with E-state index < -0.39 is 5.91 Å². The third-order valence-corrected chi connectivity index (χ3v) is 3.94. The van der Waals surface area contributed by atoms with Gasteiger partial charge in [-0.15, -0.1) is 5.10 Å². The summed E-state index contributed by atoms with van der Waals surface area (Å²) in [5, 5.41) is 12.0. The number of aromatic nitrogens is 4. The summed E-state index contributed by atoms with van der Waals surface area (Å²) in [6, 6.07) is 7.46. The summed E-state index contributed by atoms with van der Waals surface area (Å²) in [4.78, 5) is 20.1. The summed E-state index contributed by atoms with van der Waals surface area (Å²) in [5.74, 6) is 0.0686. The molecular weight excluding hydrogens is 352 g/mol. The topological polar surface area (TPSA) is 145 Å². The summed E-state index contributed by atoms with van der Waals surface area (Å²) >= 11 is 1.29. The van der Waals surface area contributed by atoms with Crippen molar-refractivity contribution in [2.75, 3.05) is 17.2 Å². The third-order valence-electron chi connectivity index (χ3n) is 3.44. The van der Waals surface area contributed by atoms with Crippen LogP contribution in [0.4, 0.5) is 17.5 Å². The molecule has 0 aliphatic rings. The Morgan fingerprint density at radius 3 is 2.69 bits per heavy atom. The SMILES string of the molecule is C[C@H](N)CNc1ncc(C(N)=O)c(Nc2ccc(-c3csnn3)cc2)n1. The first-order chi connectivity index (χ1) is 12.5. The number of hydrogen-bond acceptors (Lipinski definition) is 9. The first kappa shape index (κ1) is 17.7. The molecule has 0 saturated heterocycles. The molecule has 2 heterocycles. The summed E-state index contributed by atoms with van der Waals surface area (Å²) in [7, 11) is 0. The Morgan fingerprint density at radius 1 is 1.31 bits per heavy atom. The number of amides is 1. The molecule has 10 heteroatoms. The molecule has 1 aromatic carbocycles. The highest BCUT2D eigenvalue weighted by molar-refractivity contribution is 7.03. The van der Waals surface area contributed by atoms with Gasteiger partial charge in [0.2, 0.25) is 5.95 Å². The number of carbonyl (C=O) groups excluding carboxylic acids is 1. The number of nitrogens with zero attached hydrogens (tertiary/aromatic N) is 4. The van der Waals surface area contributed by atoms with Crippen LogP contribution in [0.3, 0.4) is 0 Å². The van der Waals surface area contributed by atoms with Crippen LogP contribution in [-0.4, -0.2) is 38.0 Å². The number of anilines is 3. The van der Waals surface area contributed by atoms with Crippen LogP contribution < -0.4 is 22.1 Å². The van der Waals surface area contributed by atoms with Gasteiger partial charge in [-0.3, -0.25) is 4.79 Å². The number of nitrogens with two attached hydrogens (primary N) is 2. The van der Waals surface area contributed by atoms with E-state index in [0.717, 1.165) is 16.9 Å². The van der Waals surface area contributed by atoms with Crippen molar-refractivity contribution in [1.82, 2.24) is 19.6 Å². The van der Waals surface area contributed by atoms with Crippen molar-refractivity contribution in [2.45, 2.75) is 13.0 Å². The van der Waals surface area contributed by atoms with E-state index in [1.807, 2.05) is 36.6 Å². The third kappa shape index (κ3) is 4.29. The second kappa shape index (κ2) is 7.85. The van der Waals surface area contributed by atoms with Gasteiger partial charge in [0.05, 0.1) is 0 Å². The smallest absolute Gasteiger partial charge is 0.254 e. The van der Waals surface area contributed by atoms with Gasteiger partial charge >= 0.3 is 0 Å². The molecule has 0 spiro atoms. The summed E-state index contributed by atoms with van der Waals surface area (Å²) in [6.07, 6.45) is 1.39. The fourth-order valence-corrected chi connectivity index (χ4v) is 2.61. The molecule has 0 bridgehead atoms. The lowest BCUT2D eigenvalue weighted by molar-refractivity contribution is 0.100. The van der Waals surface area contributed by atoms with Gasteiger partial charge in [0.15, 0.2) is 0 Å². The minimum atomic E-state index is -0.614. The molecule has 0 radical (unpaired) electrons. The first-order valence-corrected chi connectivity index (χ1v) is 8.67. The van der Waals surface area contributed by atoms with E-state index in [9.17, 15) is 4.79 Å². The van der Waals surface area contributed by atoms with Crippen molar-refractivity contribution in [1.29, 1.82) is 0 Å². The molecule has 1 atom stereocenters. The first-order valence-electron chi connectivity index (χ1n) is 7.83. The van der Waals surface area contributed by atoms with Gasteiger partial charge in [-0.05, 0) is 30.6 Å². The highest BCUT2D eigenvalue weighted by Gasteiger charge is 2.13. The predicted molar refractivity (Wildman–Crippen MR) is 101 cm³/mol. The number of hydrogen-bond donors (Lipinski definition) is 4. The lowest BCUT2D eigenvalue weighted by Crippen LogP contribution is -2.26. The summed E-state index contributed by atoms with van der Waals surface area (Å²) in [5.41, 5.74) is 13.8. The molecule has 0 aliphatic heterocycles. The fraction of sp³-hybridized carbons (Fsp3) is 0.188. The fourth-order valence-electron chi connectivity index (χ4n) is 2.15. The zero-order chi connectivity index (χ0) is 18.5. The van der Waals surface area contributed by atoms with Crippen molar-refractivity contribution >= 4 is 34.9 Å². The predicted octanol–water partition coefficient (Wildman–Crippen LogP) is 1.60. The molecule has 0 saturated carbocycles. The minimum absolute atomic E-state index is 0.0569. The number of primary amides is 1. The van der Waals surface area contributed by atoms with Gasteiger partial charge in [0, 0.05) is 35.4 Å². The lowest BCUT2D eigenvalue weighted by Gasteiger charge is -2.12. The Hall–Kier alpha value is -3.11. The Kier molecular flexibility index (Phi) is 5.34. The van der Waals surface area contributed by atoms with Crippen molar-refractivity contribution < 1.29 is 4.79 Å². The highest BCUT2D eigenvalue weighted by Crippen LogP contribution is 2.23. The average molecular weight is 370 g/mol. The van der Waals surface area contributed by atoms with Crippen LogP contribution in [0.25, 0.3) is 11.3 Å². The number of nitrogens with one attached hydrogen (secondary N) is 2. The largest absolute Gasteiger partial charge is 0.365 e. The van der Waals surface area contributed by atoms with Crippen LogP contribution in [0, 0.1) is 0 Å². The Morgan fingerprint density at radius 2 is 2.08 bits per heavy atom. The molecule has 26 heavy (non-hydrogen) atoms. The Balaban J connectivity index is 1.82. The maximum Gasteiger partial charge on any atom is 0.254 e. The molecule has 0 fully saturated rings. The molecule has 134 valence electrons. The van der Waals surface area contributed by atoms with Crippen molar-refractivity contribution in [3.05, 3.63) is 41.4 Å². The zero-order valence-electron chi connectivity index (χ0n) is 14.0. The van der Waals surface area contributed by atoms with E-state index in [2.05, 4.69) is 30.2 Å². The van der Waals surface area contributed by atoms with Crippen molar-refractivity contribution in [3.8, 4) is 11.3 Å². The molecule has 0 unspecified atom stereocenters. The van der Waals surface area contributed by atoms with Gasteiger partial charge < -0.3 is 22.1 Å². The maximum atomic E-state index is 11.6. The van der Waals surface area contributed by atoms with Gasteiger partial charge in [0.1, 0.15) is 17.1 Å². The molecule has 3 aromatic rings. The summed E-state index contributed by atoms with van der Waals surface area (Å²) < 4.78 is 3.85. The van der Waals surface area contributed by atoms with E-state index in [0.29, 0.717) is 18.3 Å². The van der Waals surface area contributed by atoms with Crippen LogP contribution >= 0.6 is 11.5 Å². The minimum Gasteiger partial charge on any atom is -0.365 e. The second-order valence-electron chi connectivity index (χ2n) is 5.67. The average Bonchev–Trinajstić information content (AvgIpc) is 3.15. The quantitative estimate of drug-likeness (QED) is 0.491. The number of benzene rings is 1. The molecule has 3 rings (SSSR count). The molecule has 1 amide bonds. The van der Waals surface area contributed by atoms with Gasteiger partial charge in [-0.1, -0.05) is 16.6 Å². The standard InChI is InChI=1S/C16H18N8OS/c1-9(17)6-19-16-20-7-12(14(18)25)15(22-16)21-11-4-2-10(3-5-11)13-8-26-24-23-13/h2-5,7-9H,6,17H2,1H3,(H2,18,25)(H2,19,20,21,22)/t9-/m0/s1. The van der Waals surface area contributed by atoms with Crippen molar-refractivity contribution in [2.24, 2.45) is 11.5 Å². The monoisotopic (exact) mass is 370 g/mol. The number of carbonyl (C=O) groups is 1. The van der Waals surface area contributed by atoms with Gasteiger partial charge in [0.25, 0.3) is 5.91 Å². The molecule has 2 aromatic heterocycles. The molecular formula is C16H18N8OS. The van der Waals surface area contributed by atoms with E-state index in [1.54, 1.807) is 0 Å². The molecule has 9 nitrogen and oxygen atoms in total. The zero-order valence-corrected chi connectivity index (χ0v) is 14.8. The van der Waals surface area contributed by atoms with Gasteiger partial charge in [-0.2, -0.15) is 4.98 Å². The maximum absolute atomic E-state index is 11.6. The van der Waals surface area contributed by atoms with Gasteiger partial charge in [-0.25, -0.2) is 4.98 Å². The second-order valence-corrected chi connectivity index (χ2v) is 6.28. The molecule has 0 aliphatic carbocycles. The van der Waals surface area contributed by atoms with E-state index >= 15 is 0 Å². The van der Waals surface area contributed by atoms with Crippen LogP contribution in [0.2, 0.25) is 0 Å². The van der Waals surface area contributed by atoms with E-state index in [-0.39, 0.29) is 11.6 Å². The van der Waals surface area contributed by atoms with Crippen LogP contribution in [0.15, 0.2) is 35.8 Å². The molecule has 6 N–H and O–H groups in total. The van der Waals surface area contributed by atoms with Crippen molar-refractivity contribution in [3.63, 3.8) is 0 Å². The van der Waals surface area contributed by atoms with Crippen LogP contribution in [-0.2, 0) is 0 Å².